The number of fused-ring (bicyclic) bond motifs is 3. The van der Waals surface area contributed by atoms with Gasteiger partial charge in [0.1, 0.15) is 0 Å². The molecule has 1 nitrogen and oxygen atoms in total. The molecule has 0 saturated heterocycles. The van der Waals surface area contributed by atoms with Crippen LogP contribution in [0.25, 0.3) is 0 Å². The lowest BCUT2D eigenvalue weighted by atomic mass is 9.55. The van der Waals surface area contributed by atoms with Crippen LogP contribution in [0.4, 0.5) is 0 Å². The summed E-state index contributed by atoms with van der Waals surface area (Å²) in [5.74, 6) is 1.16. The lowest BCUT2D eigenvalue weighted by molar-refractivity contribution is 0.273. The summed E-state index contributed by atoms with van der Waals surface area (Å²) < 4.78 is 0. The SMILES string of the molecule is CC(=N)[C@]12C=CC=CC1C=C[C@@H]1C=CC=CC12. The molecule has 0 fully saturated rings. The van der Waals surface area contributed by atoms with E-state index in [1.165, 1.54) is 0 Å². The van der Waals surface area contributed by atoms with Crippen molar-refractivity contribution in [3.8, 4) is 0 Å². The van der Waals surface area contributed by atoms with Gasteiger partial charge in [0.05, 0.1) is 0 Å². The first-order chi connectivity index (χ1) is 8.25. The Bertz CT molecular complexity index is 490. The summed E-state index contributed by atoms with van der Waals surface area (Å²) in [6.07, 6.45) is 21.9. The molecule has 0 heterocycles. The highest BCUT2D eigenvalue weighted by molar-refractivity contribution is 5.89. The third-order valence-corrected chi connectivity index (χ3v) is 4.27. The van der Waals surface area contributed by atoms with E-state index in [9.17, 15) is 0 Å². The maximum Gasteiger partial charge on any atom is 0.0427 e. The van der Waals surface area contributed by atoms with Crippen LogP contribution in [0.15, 0.2) is 60.8 Å². The summed E-state index contributed by atoms with van der Waals surface area (Å²) >= 11 is 0. The second-order valence-corrected chi connectivity index (χ2v) is 5.09. The van der Waals surface area contributed by atoms with Gasteiger partial charge in [0.2, 0.25) is 0 Å². The molecule has 0 spiro atoms. The molecule has 3 aliphatic carbocycles. The molecule has 0 saturated carbocycles. The Hall–Kier alpha value is -1.63. The summed E-state index contributed by atoms with van der Waals surface area (Å²) in [7, 11) is 0. The molecule has 3 rings (SSSR count). The van der Waals surface area contributed by atoms with E-state index >= 15 is 0 Å². The molecule has 17 heavy (non-hydrogen) atoms. The highest BCUT2D eigenvalue weighted by atomic mass is 14.6. The summed E-state index contributed by atoms with van der Waals surface area (Å²) in [5.41, 5.74) is 0.623. The van der Waals surface area contributed by atoms with E-state index < -0.39 is 0 Å². The van der Waals surface area contributed by atoms with Crippen LogP contribution < -0.4 is 0 Å². The van der Waals surface area contributed by atoms with Crippen molar-refractivity contribution in [1.82, 2.24) is 0 Å². The molecule has 0 aromatic heterocycles. The Morgan fingerprint density at radius 2 is 1.71 bits per heavy atom. The van der Waals surface area contributed by atoms with Gasteiger partial charge in [-0.3, -0.25) is 0 Å². The van der Waals surface area contributed by atoms with E-state index in [1.807, 2.05) is 6.92 Å². The molecule has 1 N–H and O–H groups in total. The Morgan fingerprint density at radius 1 is 0.941 bits per heavy atom. The van der Waals surface area contributed by atoms with Crippen molar-refractivity contribution < 1.29 is 0 Å². The van der Waals surface area contributed by atoms with Gasteiger partial charge in [0, 0.05) is 28.9 Å². The highest BCUT2D eigenvalue weighted by Crippen LogP contribution is 2.50. The molecule has 4 atom stereocenters. The minimum atomic E-state index is -0.143. The van der Waals surface area contributed by atoms with Gasteiger partial charge in [-0.15, -0.1) is 0 Å². The molecule has 0 radical (unpaired) electrons. The fraction of sp³-hybridized carbons (Fsp3) is 0.312. The Balaban J connectivity index is 2.16. The van der Waals surface area contributed by atoms with E-state index in [2.05, 4.69) is 60.8 Å². The number of hydrogen-bond donors (Lipinski definition) is 1. The third kappa shape index (κ3) is 1.35. The largest absolute Gasteiger partial charge is 0.309 e. The number of allylic oxidation sites excluding steroid dienone is 10. The van der Waals surface area contributed by atoms with Crippen LogP contribution in [0.1, 0.15) is 6.92 Å². The van der Waals surface area contributed by atoms with Gasteiger partial charge < -0.3 is 5.41 Å². The second kappa shape index (κ2) is 3.69. The standard InChI is InChI=1S/C16H17N/c1-12(17)16-11-5-4-7-14(16)10-9-13-6-2-3-8-15(13)16/h2-11,13-15,17H,1H3/t13-,14?,15?,16+/m0/s1. The zero-order valence-electron chi connectivity index (χ0n) is 10.0. The van der Waals surface area contributed by atoms with Gasteiger partial charge in [-0.25, -0.2) is 0 Å². The molecule has 0 aliphatic heterocycles. The van der Waals surface area contributed by atoms with Crippen molar-refractivity contribution in [2.45, 2.75) is 6.92 Å². The average Bonchev–Trinajstić information content (AvgIpc) is 2.38. The van der Waals surface area contributed by atoms with Crippen LogP contribution in [0.5, 0.6) is 0 Å². The predicted octanol–water partition coefficient (Wildman–Crippen LogP) is 3.68. The van der Waals surface area contributed by atoms with Crippen LogP contribution in [-0.2, 0) is 0 Å². The monoisotopic (exact) mass is 223 g/mol. The molecule has 1 heteroatoms. The molecule has 0 bridgehead atoms. The van der Waals surface area contributed by atoms with Crippen molar-refractivity contribution in [1.29, 1.82) is 5.41 Å². The molecule has 0 aromatic carbocycles. The van der Waals surface area contributed by atoms with E-state index in [0.717, 1.165) is 5.71 Å². The Morgan fingerprint density at radius 3 is 2.53 bits per heavy atom. The van der Waals surface area contributed by atoms with Crippen molar-refractivity contribution in [2.75, 3.05) is 0 Å². The van der Waals surface area contributed by atoms with Gasteiger partial charge in [0.25, 0.3) is 0 Å². The topological polar surface area (TPSA) is 23.9 Å². The number of rotatable bonds is 1. The molecular weight excluding hydrogens is 206 g/mol. The van der Waals surface area contributed by atoms with Crippen LogP contribution in [0.2, 0.25) is 0 Å². The summed E-state index contributed by atoms with van der Waals surface area (Å²) in [5, 5.41) is 8.25. The first-order valence-electron chi connectivity index (χ1n) is 6.20. The number of nitrogens with one attached hydrogen (secondary N) is 1. The first-order valence-corrected chi connectivity index (χ1v) is 6.20. The van der Waals surface area contributed by atoms with E-state index in [-0.39, 0.29) is 5.41 Å². The van der Waals surface area contributed by atoms with Crippen molar-refractivity contribution in [2.24, 2.45) is 23.2 Å². The average molecular weight is 223 g/mol. The lowest BCUT2D eigenvalue weighted by Gasteiger charge is -2.47. The zero-order chi connectivity index (χ0) is 11.9. The van der Waals surface area contributed by atoms with E-state index in [0.29, 0.717) is 17.8 Å². The van der Waals surface area contributed by atoms with Gasteiger partial charge in [0.15, 0.2) is 0 Å². The van der Waals surface area contributed by atoms with Gasteiger partial charge in [-0.1, -0.05) is 60.8 Å². The fourth-order valence-electron chi connectivity index (χ4n) is 3.38. The smallest absolute Gasteiger partial charge is 0.0427 e. The Kier molecular flexibility index (Phi) is 2.29. The zero-order valence-corrected chi connectivity index (χ0v) is 10.0. The Labute approximate surface area is 102 Å². The molecule has 86 valence electrons. The fourth-order valence-corrected chi connectivity index (χ4v) is 3.38. The normalized spacial score (nSPS) is 41.1. The second-order valence-electron chi connectivity index (χ2n) is 5.09. The third-order valence-electron chi connectivity index (χ3n) is 4.27. The van der Waals surface area contributed by atoms with E-state index in [1.54, 1.807) is 0 Å². The maximum absolute atomic E-state index is 8.25. The van der Waals surface area contributed by atoms with Crippen molar-refractivity contribution >= 4 is 5.71 Å². The summed E-state index contributed by atoms with van der Waals surface area (Å²) in [6.45, 7) is 1.94. The first kappa shape index (κ1) is 10.5. The summed E-state index contributed by atoms with van der Waals surface area (Å²) in [6, 6.07) is 0. The minimum absolute atomic E-state index is 0.143. The van der Waals surface area contributed by atoms with E-state index in [4.69, 9.17) is 5.41 Å². The van der Waals surface area contributed by atoms with Crippen molar-refractivity contribution in [3.63, 3.8) is 0 Å². The van der Waals surface area contributed by atoms with Gasteiger partial charge >= 0.3 is 0 Å². The van der Waals surface area contributed by atoms with Gasteiger partial charge in [-0.05, 0) is 6.92 Å². The highest BCUT2D eigenvalue weighted by Gasteiger charge is 2.47. The molecular formula is C16H17N. The molecule has 0 aromatic rings. The molecule has 3 aliphatic rings. The van der Waals surface area contributed by atoms with Crippen molar-refractivity contribution in [3.05, 3.63) is 60.8 Å². The molecule has 2 unspecified atom stereocenters. The maximum atomic E-state index is 8.25. The molecule has 0 amide bonds. The van der Waals surface area contributed by atoms with Crippen LogP contribution in [-0.4, -0.2) is 5.71 Å². The predicted molar refractivity (Wildman–Crippen MR) is 72.0 cm³/mol. The quantitative estimate of drug-likeness (QED) is 0.518. The summed E-state index contributed by atoms with van der Waals surface area (Å²) in [4.78, 5) is 0. The van der Waals surface area contributed by atoms with Gasteiger partial charge in [-0.2, -0.15) is 0 Å². The van der Waals surface area contributed by atoms with Crippen LogP contribution >= 0.6 is 0 Å². The van der Waals surface area contributed by atoms with Crippen LogP contribution in [0, 0.1) is 28.6 Å². The lowest BCUT2D eigenvalue weighted by Crippen LogP contribution is -2.46. The minimum Gasteiger partial charge on any atom is -0.309 e. The number of hydrogen-bond acceptors (Lipinski definition) is 1. The van der Waals surface area contributed by atoms with Crippen LogP contribution in [0.3, 0.4) is 0 Å².